The molecule has 1 unspecified atom stereocenters. The van der Waals surface area contributed by atoms with Crippen LogP contribution in [0.5, 0.6) is 0 Å². The van der Waals surface area contributed by atoms with E-state index in [0.717, 1.165) is 36.5 Å². The molecule has 1 aromatic rings. The van der Waals surface area contributed by atoms with E-state index in [-0.39, 0.29) is 11.3 Å². The van der Waals surface area contributed by atoms with Gasteiger partial charge in [0, 0.05) is 17.6 Å². The minimum atomic E-state index is -0.291. The highest BCUT2D eigenvalue weighted by atomic mass is 35.5. The van der Waals surface area contributed by atoms with Crippen LogP contribution < -0.4 is 5.32 Å². The Hall–Kier alpha value is -1.06. The van der Waals surface area contributed by atoms with Gasteiger partial charge in [-0.3, -0.25) is 9.69 Å². The predicted molar refractivity (Wildman–Crippen MR) is 85.6 cm³/mol. The highest BCUT2D eigenvalue weighted by Gasteiger charge is 2.51. The molecule has 2 fully saturated rings. The van der Waals surface area contributed by atoms with E-state index in [1.54, 1.807) is 0 Å². The molecule has 1 aliphatic heterocycles. The molecule has 1 heterocycles. The number of carbonyl (C=O) groups excluding carboxylic acids is 1. The molecule has 0 radical (unpaired) electrons. The van der Waals surface area contributed by atoms with Gasteiger partial charge < -0.3 is 5.32 Å². The van der Waals surface area contributed by atoms with Crippen molar-refractivity contribution < 1.29 is 4.79 Å². The first-order valence-corrected chi connectivity index (χ1v) is 8.32. The third kappa shape index (κ3) is 2.95. The summed E-state index contributed by atoms with van der Waals surface area (Å²) in [7, 11) is 0. The minimum absolute atomic E-state index is 0.188. The summed E-state index contributed by atoms with van der Waals surface area (Å²) in [6, 6.07) is 8.24. The molecule has 4 heteroatoms. The lowest BCUT2D eigenvalue weighted by atomic mass is 9.95. The number of benzene rings is 1. The molecule has 3 nitrogen and oxygen atoms in total. The lowest BCUT2D eigenvalue weighted by Crippen LogP contribution is -2.43. The molecule has 1 saturated heterocycles. The van der Waals surface area contributed by atoms with E-state index in [1.165, 1.54) is 19.4 Å². The summed E-state index contributed by atoms with van der Waals surface area (Å²) in [4.78, 5) is 15.1. The maximum atomic E-state index is 12.6. The highest BCUT2D eigenvalue weighted by molar-refractivity contribution is 6.30. The zero-order valence-electron chi connectivity index (χ0n) is 12.6. The molecule has 1 aromatic carbocycles. The van der Waals surface area contributed by atoms with Crippen LogP contribution in [0.3, 0.4) is 0 Å². The maximum absolute atomic E-state index is 12.6. The molecular formula is C17H23ClN2O. The summed E-state index contributed by atoms with van der Waals surface area (Å²) >= 11 is 5.93. The Bertz CT molecular complexity index is 510. The van der Waals surface area contributed by atoms with Crippen LogP contribution in [-0.4, -0.2) is 36.5 Å². The third-order valence-electron chi connectivity index (χ3n) is 4.98. The van der Waals surface area contributed by atoms with E-state index in [2.05, 4.69) is 17.1 Å². The van der Waals surface area contributed by atoms with E-state index >= 15 is 0 Å². The fourth-order valence-electron chi connectivity index (χ4n) is 3.46. The Balaban J connectivity index is 1.61. The SMILES string of the molecule is CCN1CCCC1CNC(=O)C1(c2ccc(Cl)cc2)CC1. The molecule has 0 spiro atoms. The monoisotopic (exact) mass is 306 g/mol. The second-order valence-corrected chi connectivity index (χ2v) is 6.66. The number of hydrogen-bond acceptors (Lipinski definition) is 2. The van der Waals surface area contributed by atoms with Gasteiger partial charge in [-0.25, -0.2) is 0 Å². The number of nitrogens with one attached hydrogen (secondary N) is 1. The number of hydrogen-bond donors (Lipinski definition) is 1. The van der Waals surface area contributed by atoms with Gasteiger partial charge in [-0.15, -0.1) is 0 Å². The number of carbonyl (C=O) groups is 1. The molecule has 1 saturated carbocycles. The average molecular weight is 307 g/mol. The first kappa shape index (κ1) is 14.9. The average Bonchev–Trinajstić information content (AvgIpc) is 3.18. The van der Waals surface area contributed by atoms with Gasteiger partial charge in [0.05, 0.1) is 5.41 Å². The largest absolute Gasteiger partial charge is 0.354 e. The normalized spacial score (nSPS) is 24.0. The molecule has 0 bridgehead atoms. The number of nitrogens with zero attached hydrogens (tertiary/aromatic N) is 1. The van der Waals surface area contributed by atoms with Crippen molar-refractivity contribution in [1.29, 1.82) is 0 Å². The zero-order chi connectivity index (χ0) is 14.9. The van der Waals surface area contributed by atoms with Crippen LogP contribution in [0.4, 0.5) is 0 Å². The Morgan fingerprint density at radius 3 is 2.71 bits per heavy atom. The van der Waals surface area contributed by atoms with E-state index < -0.39 is 0 Å². The predicted octanol–water partition coefficient (Wildman–Crippen LogP) is 2.97. The fraction of sp³-hybridized carbons (Fsp3) is 0.588. The Morgan fingerprint density at radius 2 is 2.10 bits per heavy atom. The third-order valence-corrected chi connectivity index (χ3v) is 5.24. The molecule has 1 N–H and O–H groups in total. The van der Waals surface area contributed by atoms with Crippen molar-refractivity contribution in [3.8, 4) is 0 Å². The number of amides is 1. The van der Waals surface area contributed by atoms with Crippen molar-refractivity contribution in [2.45, 2.75) is 44.1 Å². The highest BCUT2D eigenvalue weighted by Crippen LogP contribution is 2.48. The number of halogens is 1. The first-order chi connectivity index (χ1) is 10.2. The molecule has 1 aliphatic carbocycles. The van der Waals surface area contributed by atoms with E-state index in [9.17, 15) is 4.79 Å². The van der Waals surface area contributed by atoms with Gasteiger partial charge in [0.2, 0.25) is 5.91 Å². The summed E-state index contributed by atoms with van der Waals surface area (Å²) in [5.74, 6) is 0.188. The van der Waals surface area contributed by atoms with Gasteiger partial charge in [0.1, 0.15) is 0 Å². The van der Waals surface area contributed by atoms with Crippen molar-refractivity contribution in [3.63, 3.8) is 0 Å². The van der Waals surface area contributed by atoms with Crippen LogP contribution >= 0.6 is 11.6 Å². The van der Waals surface area contributed by atoms with Gasteiger partial charge in [0.25, 0.3) is 0 Å². The minimum Gasteiger partial charge on any atom is -0.354 e. The molecule has 3 rings (SSSR count). The van der Waals surface area contributed by atoms with E-state index in [1.807, 2.05) is 24.3 Å². The maximum Gasteiger partial charge on any atom is 0.230 e. The topological polar surface area (TPSA) is 32.3 Å². The van der Waals surface area contributed by atoms with Crippen LogP contribution in [-0.2, 0) is 10.2 Å². The summed E-state index contributed by atoms with van der Waals surface area (Å²) < 4.78 is 0. The van der Waals surface area contributed by atoms with Crippen LogP contribution in [0.25, 0.3) is 0 Å². The molecule has 114 valence electrons. The number of rotatable bonds is 5. The number of likely N-dealkylation sites (N-methyl/N-ethyl adjacent to an activating group) is 1. The van der Waals surface area contributed by atoms with Gasteiger partial charge >= 0.3 is 0 Å². The second kappa shape index (κ2) is 5.98. The van der Waals surface area contributed by atoms with Gasteiger partial charge in [-0.2, -0.15) is 0 Å². The standard InChI is InChI=1S/C17H23ClN2O/c1-2-20-11-3-4-15(20)12-19-16(21)17(9-10-17)13-5-7-14(18)8-6-13/h5-8,15H,2-4,9-12H2,1H3,(H,19,21). The number of likely N-dealkylation sites (tertiary alicyclic amines) is 1. The Kier molecular flexibility index (Phi) is 4.23. The molecule has 1 atom stereocenters. The Labute approximate surface area is 131 Å². The van der Waals surface area contributed by atoms with Crippen LogP contribution in [0.15, 0.2) is 24.3 Å². The molecular weight excluding hydrogens is 284 g/mol. The fourth-order valence-corrected chi connectivity index (χ4v) is 3.59. The van der Waals surface area contributed by atoms with Gasteiger partial charge in [-0.05, 0) is 56.5 Å². The summed E-state index contributed by atoms with van der Waals surface area (Å²) in [6.07, 6.45) is 4.34. The first-order valence-electron chi connectivity index (χ1n) is 7.94. The lowest BCUT2D eigenvalue weighted by Gasteiger charge is -2.24. The molecule has 0 aromatic heterocycles. The van der Waals surface area contributed by atoms with Crippen molar-refractivity contribution in [2.24, 2.45) is 0 Å². The second-order valence-electron chi connectivity index (χ2n) is 6.22. The van der Waals surface area contributed by atoms with E-state index in [4.69, 9.17) is 11.6 Å². The molecule has 2 aliphatic rings. The van der Waals surface area contributed by atoms with Gasteiger partial charge in [0.15, 0.2) is 0 Å². The van der Waals surface area contributed by atoms with Crippen LogP contribution in [0.1, 0.15) is 38.2 Å². The Morgan fingerprint density at radius 1 is 1.38 bits per heavy atom. The summed E-state index contributed by atoms with van der Waals surface area (Å²) in [5, 5.41) is 3.91. The van der Waals surface area contributed by atoms with Crippen molar-refractivity contribution in [2.75, 3.05) is 19.6 Å². The van der Waals surface area contributed by atoms with Gasteiger partial charge in [-0.1, -0.05) is 30.7 Å². The molecule has 1 amide bonds. The van der Waals surface area contributed by atoms with Crippen LogP contribution in [0, 0.1) is 0 Å². The zero-order valence-corrected chi connectivity index (χ0v) is 13.3. The van der Waals surface area contributed by atoms with Crippen molar-refractivity contribution in [3.05, 3.63) is 34.9 Å². The van der Waals surface area contributed by atoms with Crippen LogP contribution in [0.2, 0.25) is 5.02 Å². The molecule has 21 heavy (non-hydrogen) atoms. The smallest absolute Gasteiger partial charge is 0.230 e. The summed E-state index contributed by atoms with van der Waals surface area (Å²) in [5.41, 5.74) is 0.809. The lowest BCUT2D eigenvalue weighted by molar-refractivity contribution is -0.123. The quantitative estimate of drug-likeness (QED) is 0.907. The van der Waals surface area contributed by atoms with Crippen molar-refractivity contribution >= 4 is 17.5 Å². The van der Waals surface area contributed by atoms with Crippen molar-refractivity contribution in [1.82, 2.24) is 10.2 Å². The summed E-state index contributed by atoms with van der Waals surface area (Å²) in [6.45, 7) is 5.21. The van der Waals surface area contributed by atoms with E-state index in [0.29, 0.717) is 6.04 Å².